The maximum absolute atomic E-state index is 5.77. The van der Waals surface area contributed by atoms with Crippen LogP contribution in [0.15, 0.2) is 36.9 Å². The number of hydrogen-bond acceptors (Lipinski definition) is 3. The summed E-state index contributed by atoms with van der Waals surface area (Å²) in [4.78, 5) is 0. The van der Waals surface area contributed by atoms with Gasteiger partial charge in [0.15, 0.2) is 12.6 Å². The molecule has 0 radical (unpaired) electrons. The number of allylic oxidation sites excluding steroid dienone is 1. The highest BCUT2D eigenvalue weighted by atomic mass is 16.8. The second-order valence-corrected chi connectivity index (χ2v) is 3.95. The molecule has 1 rings (SSSR count). The van der Waals surface area contributed by atoms with E-state index in [1.807, 2.05) is 51.1 Å². The van der Waals surface area contributed by atoms with Crippen molar-refractivity contribution in [1.82, 2.24) is 0 Å². The van der Waals surface area contributed by atoms with Gasteiger partial charge in [-0.05, 0) is 38.8 Å². The maximum Gasteiger partial charge on any atom is 0.199 e. The second-order valence-electron chi connectivity index (χ2n) is 3.95. The van der Waals surface area contributed by atoms with E-state index in [0.29, 0.717) is 6.61 Å². The molecule has 0 saturated heterocycles. The fourth-order valence-corrected chi connectivity index (χ4v) is 1.69. The van der Waals surface area contributed by atoms with Crippen LogP contribution in [0.1, 0.15) is 26.3 Å². The van der Waals surface area contributed by atoms with E-state index in [4.69, 9.17) is 14.2 Å². The van der Waals surface area contributed by atoms with Crippen LogP contribution in [0.5, 0.6) is 5.75 Å². The lowest BCUT2D eigenvalue weighted by Gasteiger charge is -2.21. The topological polar surface area (TPSA) is 27.7 Å². The van der Waals surface area contributed by atoms with Crippen molar-refractivity contribution >= 4 is 0 Å². The van der Waals surface area contributed by atoms with Crippen LogP contribution in [-0.2, 0) is 15.9 Å². The Morgan fingerprint density at radius 3 is 2.61 bits per heavy atom. The van der Waals surface area contributed by atoms with Crippen molar-refractivity contribution in [2.24, 2.45) is 0 Å². The van der Waals surface area contributed by atoms with Crippen molar-refractivity contribution in [2.45, 2.75) is 39.8 Å². The van der Waals surface area contributed by atoms with Crippen LogP contribution in [0.3, 0.4) is 0 Å². The molecule has 0 amide bonds. The lowest BCUT2D eigenvalue weighted by Crippen LogP contribution is -2.24. The normalized spacial score (nSPS) is 13.9. The summed E-state index contributed by atoms with van der Waals surface area (Å²) in [5.74, 6) is 0.827. The lowest BCUT2D eigenvalue weighted by atomic mass is 10.1. The van der Waals surface area contributed by atoms with Gasteiger partial charge in [0, 0.05) is 6.61 Å². The van der Waals surface area contributed by atoms with Crippen LogP contribution in [0.2, 0.25) is 0 Å². The Balaban J connectivity index is 2.57. The number of rotatable bonds is 8. The zero-order valence-electron chi connectivity index (χ0n) is 11.4. The van der Waals surface area contributed by atoms with E-state index in [0.717, 1.165) is 17.7 Å². The van der Waals surface area contributed by atoms with E-state index in [2.05, 4.69) is 6.58 Å². The molecule has 0 aliphatic carbocycles. The van der Waals surface area contributed by atoms with Gasteiger partial charge >= 0.3 is 0 Å². The fourth-order valence-electron chi connectivity index (χ4n) is 1.69. The smallest absolute Gasteiger partial charge is 0.199 e. The Morgan fingerprint density at radius 2 is 1.94 bits per heavy atom. The first-order chi connectivity index (χ1) is 8.67. The van der Waals surface area contributed by atoms with Crippen molar-refractivity contribution in [1.29, 1.82) is 0 Å². The van der Waals surface area contributed by atoms with Gasteiger partial charge in [0.05, 0.1) is 0 Å². The number of benzene rings is 1. The molecule has 0 fully saturated rings. The van der Waals surface area contributed by atoms with Crippen LogP contribution in [0.25, 0.3) is 0 Å². The summed E-state index contributed by atoms with van der Waals surface area (Å²) in [6, 6.07) is 7.89. The SMILES string of the molecule is C=CCc1ccccc1OC(C)OC(C)OCC. The minimum Gasteiger partial charge on any atom is -0.465 e. The molecule has 1 aromatic carbocycles. The van der Waals surface area contributed by atoms with Gasteiger partial charge in [0.2, 0.25) is 0 Å². The molecule has 100 valence electrons. The molecular weight excluding hydrogens is 228 g/mol. The van der Waals surface area contributed by atoms with Gasteiger partial charge in [0.25, 0.3) is 0 Å². The van der Waals surface area contributed by atoms with Crippen molar-refractivity contribution < 1.29 is 14.2 Å². The number of hydrogen-bond donors (Lipinski definition) is 0. The fraction of sp³-hybridized carbons (Fsp3) is 0.467. The average Bonchev–Trinajstić information content (AvgIpc) is 2.32. The molecule has 0 aliphatic rings. The van der Waals surface area contributed by atoms with Crippen molar-refractivity contribution in [3.05, 3.63) is 42.5 Å². The van der Waals surface area contributed by atoms with Gasteiger partial charge in [-0.2, -0.15) is 0 Å². The highest BCUT2D eigenvalue weighted by molar-refractivity contribution is 5.34. The average molecular weight is 250 g/mol. The zero-order chi connectivity index (χ0) is 13.4. The predicted octanol–water partition coefficient (Wildman–Crippen LogP) is 3.54. The Morgan fingerprint density at radius 1 is 1.22 bits per heavy atom. The van der Waals surface area contributed by atoms with Crippen LogP contribution >= 0.6 is 0 Å². The Kier molecular flexibility index (Phi) is 6.47. The van der Waals surface area contributed by atoms with E-state index in [-0.39, 0.29) is 12.6 Å². The van der Waals surface area contributed by atoms with Crippen molar-refractivity contribution in [3.8, 4) is 5.75 Å². The van der Waals surface area contributed by atoms with Gasteiger partial charge in [-0.3, -0.25) is 0 Å². The third-order valence-corrected chi connectivity index (χ3v) is 2.41. The lowest BCUT2D eigenvalue weighted by molar-refractivity contribution is -0.202. The summed E-state index contributed by atoms with van der Waals surface area (Å²) in [5, 5.41) is 0. The zero-order valence-corrected chi connectivity index (χ0v) is 11.4. The molecule has 2 atom stereocenters. The molecule has 18 heavy (non-hydrogen) atoms. The summed E-state index contributed by atoms with van der Waals surface area (Å²) >= 11 is 0. The standard InChI is InChI=1S/C15H22O3/c1-5-9-14-10-7-8-11-15(14)18-13(4)17-12(3)16-6-2/h5,7-8,10-13H,1,6,9H2,2-4H3. The Hall–Kier alpha value is -1.32. The monoisotopic (exact) mass is 250 g/mol. The largest absolute Gasteiger partial charge is 0.465 e. The summed E-state index contributed by atoms with van der Waals surface area (Å²) in [6.07, 6.45) is 2.02. The van der Waals surface area contributed by atoms with Gasteiger partial charge in [0.1, 0.15) is 5.75 Å². The minimum atomic E-state index is -0.350. The Labute approximate surface area is 109 Å². The molecule has 0 spiro atoms. The van der Waals surface area contributed by atoms with Crippen LogP contribution in [0, 0.1) is 0 Å². The first-order valence-electron chi connectivity index (χ1n) is 6.29. The summed E-state index contributed by atoms with van der Waals surface area (Å²) in [7, 11) is 0. The molecular formula is C15H22O3. The van der Waals surface area contributed by atoms with Gasteiger partial charge in [-0.1, -0.05) is 24.3 Å². The van der Waals surface area contributed by atoms with E-state index in [1.165, 1.54) is 0 Å². The quantitative estimate of drug-likeness (QED) is 0.521. The minimum absolute atomic E-state index is 0.267. The molecule has 0 N–H and O–H groups in total. The van der Waals surface area contributed by atoms with Crippen LogP contribution in [-0.4, -0.2) is 19.2 Å². The molecule has 0 aliphatic heterocycles. The number of ether oxygens (including phenoxy) is 3. The summed E-state index contributed by atoms with van der Waals surface area (Å²) in [6.45, 7) is 10.0. The van der Waals surface area contributed by atoms with Gasteiger partial charge < -0.3 is 14.2 Å². The van der Waals surface area contributed by atoms with Gasteiger partial charge in [-0.25, -0.2) is 0 Å². The van der Waals surface area contributed by atoms with Gasteiger partial charge in [-0.15, -0.1) is 6.58 Å². The molecule has 0 bridgehead atoms. The number of para-hydroxylation sites is 1. The first kappa shape index (κ1) is 14.7. The molecule has 1 aromatic rings. The summed E-state index contributed by atoms with van der Waals surface area (Å²) < 4.78 is 16.6. The Bertz CT molecular complexity index is 363. The van der Waals surface area contributed by atoms with E-state index in [9.17, 15) is 0 Å². The van der Waals surface area contributed by atoms with Crippen molar-refractivity contribution in [2.75, 3.05) is 6.61 Å². The molecule has 3 heteroatoms. The highest BCUT2D eigenvalue weighted by Crippen LogP contribution is 2.20. The second kappa shape index (κ2) is 7.90. The van der Waals surface area contributed by atoms with E-state index >= 15 is 0 Å². The molecule has 0 aromatic heterocycles. The van der Waals surface area contributed by atoms with Crippen LogP contribution in [0.4, 0.5) is 0 Å². The predicted molar refractivity (Wildman–Crippen MR) is 72.6 cm³/mol. The van der Waals surface area contributed by atoms with E-state index in [1.54, 1.807) is 0 Å². The maximum atomic E-state index is 5.77. The third-order valence-electron chi connectivity index (χ3n) is 2.41. The first-order valence-corrected chi connectivity index (χ1v) is 6.29. The summed E-state index contributed by atoms with van der Waals surface area (Å²) in [5.41, 5.74) is 1.10. The third kappa shape index (κ3) is 4.90. The molecule has 0 heterocycles. The highest BCUT2D eigenvalue weighted by Gasteiger charge is 2.11. The molecule has 3 nitrogen and oxygen atoms in total. The molecule has 2 unspecified atom stereocenters. The molecule has 0 saturated carbocycles. The van der Waals surface area contributed by atoms with Crippen LogP contribution < -0.4 is 4.74 Å². The van der Waals surface area contributed by atoms with E-state index < -0.39 is 0 Å². The van der Waals surface area contributed by atoms with Crippen molar-refractivity contribution in [3.63, 3.8) is 0 Å².